The van der Waals surface area contributed by atoms with E-state index in [0.29, 0.717) is 0 Å². The normalized spacial score (nSPS) is 15.0. The van der Waals surface area contributed by atoms with Gasteiger partial charge in [-0.15, -0.1) is 0 Å². The van der Waals surface area contributed by atoms with Crippen molar-refractivity contribution in [3.8, 4) is 0 Å². The quantitative estimate of drug-likeness (QED) is 0.137. The number of carbonyl (C=O) groups is 5. The number of thiol groups is 1. The third-order valence-corrected chi connectivity index (χ3v) is 4.26. The molecule has 0 aliphatic rings. The predicted octanol–water partition coefficient (Wildman–Crippen LogP) is -3.30. The summed E-state index contributed by atoms with van der Waals surface area (Å²) in [6.07, 6.45) is -0.0857. The average Bonchev–Trinajstić information content (AvgIpc) is 2.64. The van der Waals surface area contributed by atoms with Crippen LogP contribution in [0.15, 0.2) is 0 Å². The Bertz CT molecular complexity index is 616. The van der Waals surface area contributed by atoms with E-state index in [1.165, 1.54) is 0 Å². The molecule has 4 atom stereocenters. The molecule has 0 aliphatic heterocycles. The standard InChI is InChI=1S/C16H29N5O7S/c1-7(2)12(21-13(24)8(17)3-4-11(18)23)15(26)20-10(6-29)14(25)19-9(5-22)16(27)28/h7-10,12,22,29H,3-6,17H2,1-2H3,(H2,18,23)(H,19,25)(H,20,26)(H,21,24)(H,27,28). The molecule has 4 unspecified atom stereocenters. The lowest BCUT2D eigenvalue weighted by molar-refractivity contribution is -0.143. The number of carboxylic acid groups (broad SMARTS) is 1. The van der Waals surface area contributed by atoms with Crippen LogP contribution in [-0.2, 0) is 24.0 Å². The zero-order valence-electron chi connectivity index (χ0n) is 16.3. The second-order valence-electron chi connectivity index (χ2n) is 6.67. The fraction of sp³-hybridized carbons (Fsp3) is 0.688. The molecule has 0 aromatic heterocycles. The first-order valence-corrected chi connectivity index (χ1v) is 9.47. The van der Waals surface area contributed by atoms with Crippen LogP contribution in [0.5, 0.6) is 0 Å². The molecular formula is C16H29N5O7S. The lowest BCUT2D eigenvalue weighted by Crippen LogP contribution is -2.59. The summed E-state index contributed by atoms with van der Waals surface area (Å²) in [6.45, 7) is 2.48. The molecule has 0 rings (SSSR count). The monoisotopic (exact) mass is 435 g/mol. The number of hydrogen-bond donors (Lipinski definition) is 8. The second-order valence-corrected chi connectivity index (χ2v) is 7.03. The topological polar surface area (TPSA) is 214 Å². The number of primary amides is 1. The van der Waals surface area contributed by atoms with Crippen molar-refractivity contribution in [3.63, 3.8) is 0 Å². The summed E-state index contributed by atoms with van der Waals surface area (Å²) in [4.78, 5) is 58.6. The minimum Gasteiger partial charge on any atom is -0.480 e. The van der Waals surface area contributed by atoms with Gasteiger partial charge in [0.1, 0.15) is 18.1 Å². The number of nitrogens with two attached hydrogens (primary N) is 2. The summed E-state index contributed by atoms with van der Waals surface area (Å²) in [5.74, 6) is -4.83. The third kappa shape index (κ3) is 9.58. The van der Waals surface area contributed by atoms with Gasteiger partial charge in [-0.3, -0.25) is 19.2 Å². The van der Waals surface area contributed by atoms with E-state index in [1.54, 1.807) is 13.8 Å². The molecule has 13 heteroatoms. The summed E-state index contributed by atoms with van der Waals surface area (Å²) in [5, 5.41) is 24.8. The second kappa shape index (κ2) is 13.0. The van der Waals surface area contributed by atoms with Gasteiger partial charge in [-0.1, -0.05) is 13.8 Å². The Morgan fingerprint density at radius 3 is 1.93 bits per heavy atom. The molecule has 4 amide bonds. The van der Waals surface area contributed by atoms with Gasteiger partial charge in [0, 0.05) is 12.2 Å². The number of hydrogen-bond acceptors (Lipinski definition) is 8. The van der Waals surface area contributed by atoms with E-state index in [2.05, 4.69) is 28.6 Å². The molecule has 0 spiro atoms. The SMILES string of the molecule is CC(C)C(NC(=O)C(N)CCC(N)=O)C(=O)NC(CS)C(=O)NC(CO)C(=O)O. The Kier molecular flexibility index (Phi) is 11.9. The average molecular weight is 436 g/mol. The maximum absolute atomic E-state index is 12.6. The molecule has 0 fully saturated rings. The minimum atomic E-state index is -1.54. The Morgan fingerprint density at radius 2 is 1.52 bits per heavy atom. The summed E-state index contributed by atoms with van der Waals surface area (Å²) < 4.78 is 0. The Morgan fingerprint density at radius 1 is 0.966 bits per heavy atom. The van der Waals surface area contributed by atoms with Gasteiger partial charge in [-0.05, 0) is 12.3 Å². The number of carboxylic acids is 1. The van der Waals surface area contributed by atoms with Gasteiger partial charge in [-0.25, -0.2) is 4.79 Å². The minimum absolute atomic E-state index is 0.00695. The first-order valence-electron chi connectivity index (χ1n) is 8.84. The number of carbonyl (C=O) groups excluding carboxylic acids is 4. The molecule has 166 valence electrons. The van der Waals surface area contributed by atoms with Gasteiger partial charge in [0.25, 0.3) is 0 Å². The van der Waals surface area contributed by atoms with Crippen LogP contribution < -0.4 is 27.4 Å². The van der Waals surface area contributed by atoms with Crippen molar-refractivity contribution in [1.29, 1.82) is 0 Å². The number of aliphatic carboxylic acids is 1. The highest BCUT2D eigenvalue weighted by Gasteiger charge is 2.31. The lowest BCUT2D eigenvalue weighted by Gasteiger charge is -2.26. The largest absolute Gasteiger partial charge is 0.480 e. The van der Waals surface area contributed by atoms with E-state index in [9.17, 15) is 24.0 Å². The van der Waals surface area contributed by atoms with E-state index in [4.69, 9.17) is 21.7 Å². The fourth-order valence-electron chi connectivity index (χ4n) is 2.14. The van der Waals surface area contributed by atoms with Crippen LogP contribution in [-0.4, -0.2) is 76.3 Å². The van der Waals surface area contributed by atoms with Crippen molar-refractivity contribution in [2.45, 2.75) is 50.9 Å². The van der Waals surface area contributed by atoms with Crippen molar-refractivity contribution >= 4 is 42.2 Å². The first kappa shape index (κ1) is 26.6. The summed E-state index contributed by atoms with van der Waals surface area (Å²) in [6, 6.07) is -4.85. The zero-order chi connectivity index (χ0) is 22.7. The highest BCUT2D eigenvalue weighted by atomic mass is 32.1. The van der Waals surface area contributed by atoms with E-state index >= 15 is 0 Å². The van der Waals surface area contributed by atoms with Crippen molar-refractivity contribution in [2.24, 2.45) is 17.4 Å². The number of rotatable bonds is 13. The van der Waals surface area contributed by atoms with Crippen LogP contribution in [0.4, 0.5) is 0 Å². The lowest BCUT2D eigenvalue weighted by atomic mass is 10.0. The molecule has 0 radical (unpaired) electrons. The highest BCUT2D eigenvalue weighted by molar-refractivity contribution is 7.80. The van der Waals surface area contributed by atoms with Gasteiger partial charge in [0.2, 0.25) is 23.6 Å². The molecule has 0 aromatic rings. The Balaban J connectivity index is 5.05. The fourth-order valence-corrected chi connectivity index (χ4v) is 2.39. The number of nitrogens with one attached hydrogen (secondary N) is 3. The third-order valence-electron chi connectivity index (χ3n) is 3.90. The highest BCUT2D eigenvalue weighted by Crippen LogP contribution is 2.05. The molecule has 0 bridgehead atoms. The van der Waals surface area contributed by atoms with Crippen LogP contribution in [0.25, 0.3) is 0 Å². The van der Waals surface area contributed by atoms with E-state index in [0.717, 1.165) is 0 Å². The Labute approximate surface area is 173 Å². The predicted molar refractivity (Wildman–Crippen MR) is 106 cm³/mol. The van der Waals surface area contributed by atoms with Gasteiger partial charge < -0.3 is 37.6 Å². The number of amides is 4. The van der Waals surface area contributed by atoms with Gasteiger partial charge >= 0.3 is 5.97 Å². The van der Waals surface area contributed by atoms with Crippen molar-refractivity contribution in [1.82, 2.24) is 16.0 Å². The van der Waals surface area contributed by atoms with Gasteiger partial charge in [-0.2, -0.15) is 12.6 Å². The van der Waals surface area contributed by atoms with Crippen LogP contribution in [0.1, 0.15) is 26.7 Å². The van der Waals surface area contributed by atoms with E-state index < -0.39 is 60.4 Å². The van der Waals surface area contributed by atoms with Gasteiger partial charge in [0.15, 0.2) is 0 Å². The molecule has 0 saturated heterocycles. The van der Waals surface area contributed by atoms with Crippen molar-refractivity contribution in [2.75, 3.05) is 12.4 Å². The smallest absolute Gasteiger partial charge is 0.328 e. The van der Waals surface area contributed by atoms with Crippen LogP contribution >= 0.6 is 12.6 Å². The number of aliphatic hydroxyl groups excluding tert-OH is 1. The Hall–Kier alpha value is -2.38. The molecule has 0 aliphatic carbocycles. The molecule has 0 saturated carbocycles. The summed E-state index contributed by atoms with van der Waals surface area (Å²) >= 11 is 3.97. The molecule has 0 aromatic carbocycles. The maximum Gasteiger partial charge on any atom is 0.328 e. The zero-order valence-corrected chi connectivity index (χ0v) is 17.1. The molecule has 0 heterocycles. The molecule has 12 nitrogen and oxygen atoms in total. The van der Waals surface area contributed by atoms with Gasteiger partial charge in [0.05, 0.1) is 12.6 Å². The van der Waals surface area contributed by atoms with Crippen LogP contribution in [0, 0.1) is 5.92 Å². The molecule has 29 heavy (non-hydrogen) atoms. The summed E-state index contributed by atoms with van der Waals surface area (Å²) in [5.41, 5.74) is 10.7. The molecule has 9 N–H and O–H groups in total. The van der Waals surface area contributed by atoms with Crippen LogP contribution in [0.2, 0.25) is 0 Å². The maximum atomic E-state index is 12.6. The molecular weight excluding hydrogens is 406 g/mol. The summed E-state index contributed by atoms with van der Waals surface area (Å²) in [7, 11) is 0. The van der Waals surface area contributed by atoms with Crippen molar-refractivity contribution < 1.29 is 34.2 Å². The van der Waals surface area contributed by atoms with E-state index in [-0.39, 0.29) is 24.5 Å². The first-order chi connectivity index (χ1) is 13.4. The van der Waals surface area contributed by atoms with Crippen LogP contribution in [0.3, 0.4) is 0 Å². The number of aliphatic hydroxyl groups is 1. The van der Waals surface area contributed by atoms with E-state index in [1.807, 2.05) is 0 Å². The van der Waals surface area contributed by atoms with Crippen molar-refractivity contribution in [3.05, 3.63) is 0 Å².